The number of nitrogens with zero attached hydrogens (tertiary/aromatic N) is 2. The largest absolute Gasteiger partial charge is 0.508 e. The van der Waals surface area contributed by atoms with E-state index in [4.69, 9.17) is 0 Å². The van der Waals surface area contributed by atoms with Gasteiger partial charge in [-0.2, -0.15) is 0 Å². The third-order valence-electron chi connectivity index (χ3n) is 4.19. The van der Waals surface area contributed by atoms with Crippen LogP contribution in [0.5, 0.6) is 5.75 Å². The Bertz CT molecular complexity index is 728. The molecule has 0 radical (unpaired) electrons. The van der Waals surface area contributed by atoms with Crippen LogP contribution in [0, 0.1) is 5.92 Å². The molecule has 1 saturated heterocycles. The molecule has 1 N–H and O–H groups in total. The maximum atomic E-state index is 12.9. The Morgan fingerprint density at radius 1 is 1.08 bits per heavy atom. The van der Waals surface area contributed by atoms with Gasteiger partial charge in [-0.05, 0) is 49.7 Å². The second-order valence-corrected chi connectivity index (χ2v) is 6.02. The van der Waals surface area contributed by atoms with Crippen molar-refractivity contribution in [1.29, 1.82) is 0 Å². The zero-order valence-electron chi connectivity index (χ0n) is 13.6. The Morgan fingerprint density at radius 2 is 1.75 bits per heavy atom. The number of hydrogen-bond donors (Lipinski definition) is 1. The zero-order chi connectivity index (χ0) is 17.1. The summed E-state index contributed by atoms with van der Waals surface area (Å²) < 4.78 is 0. The normalized spacial score (nSPS) is 17.4. The summed E-state index contributed by atoms with van der Waals surface area (Å²) in [6.45, 7) is 2.07. The molecule has 24 heavy (non-hydrogen) atoms. The predicted octanol–water partition coefficient (Wildman–Crippen LogP) is 3.15. The van der Waals surface area contributed by atoms with Gasteiger partial charge in [0.2, 0.25) is 0 Å². The summed E-state index contributed by atoms with van der Waals surface area (Å²) in [7, 11) is 0. The average molecular weight is 324 g/mol. The van der Waals surface area contributed by atoms with Crippen LogP contribution in [0.1, 0.15) is 19.8 Å². The summed E-state index contributed by atoms with van der Waals surface area (Å²) in [5.41, 5.74) is 1.62. The lowest BCUT2D eigenvalue weighted by molar-refractivity contribution is -0.121. The number of anilines is 2. The van der Waals surface area contributed by atoms with E-state index in [1.807, 2.05) is 35.3 Å². The highest BCUT2D eigenvalue weighted by Crippen LogP contribution is 2.33. The molecule has 124 valence electrons. The first-order valence-electron chi connectivity index (χ1n) is 8.01. The predicted molar refractivity (Wildman–Crippen MR) is 92.8 cm³/mol. The minimum absolute atomic E-state index is 0.00414. The fraction of sp³-hybridized carbons (Fsp3) is 0.263. The number of amides is 1. The fourth-order valence-electron chi connectivity index (χ4n) is 2.93. The topological polar surface area (TPSA) is 60.9 Å². The molecule has 2 aromatic carbocycles. The summed E-state index contributed by atoms with van der Waals surface area (Å²) in [5, 5.41) is 13.1. The smallest absolute Gasteiger partial charge is 0.250 e. The highest BCUT2D eigenvalue weighted by molar-refractivity contribution is 6.00. The van der Waals surface area contributed by atoms with Crippen LogP contribution in [0.15, 0.2) is 54.6 Å². The number of carbonyl (C=O) groups excluding carboxylic acids is 2. The molecular formula is C19H20N2O3. The van der Waals surface area contributed by atoms with E-state index in [0.29, 0.717) is 19.4 Å². The van der Waals surface area contributed by atoms with Crippen LogP contribution in [0.2, 0.25) is 0 Å². The molecule has 2 aromatic rings. The van der Waals surface area contributed by atoms with E-state index in [0.717, 1.165) is 11.4 Å². The van der Waals surface area contributed by atoms with Crippen molar-refractivity contribution in [2.75, 3.05) is 16.6 Å². The summed E-state index contributed by atoms with van der Waals surface area (Å²) in [5.74, 6) is 0.0549. The Morgan fingerprint density at radius 3 is 2.38 bits per heavy atom. The Balaban J connectivity index is 1.92. The van der Waals surface area contributed by atoms with Gasteiger partial charge in [-0.1, -0.05) is 18.2 Å². The number of Topliss-reactive ketones (excluding diaryl/α,β-unsaturated/α-hetero) is 1. The molecule has 5 nitrogen and oxygen atoms in total. The quantitative estimate of drug-likeness (QED) is 0.918. The van der Waals surface area contributed by atoms with Gasteiger partial charge in [0.15, 0.2) is 0 Å². The minimum Gasteiger partial charge on any atom is -0.508 e. The van der Waals surface area contributed by atoms with E-state index in [1.165, 1.54) is 0 Å². The van der Waals surface area contributed by atoms with Crippen LogP contribution in [0.4, 0.5) is 11.4 Å². The summed E-state index contributed by atoms with van der Waals surface area (Å²) in [6.07, 6.45) is 0.953. The molecule has 1 aliphatic rings. The SMILES string of the molecule is CC(=O)CC[C@H]1CN(c2ccc(O)cc2)N(c2ccccc2)C1=O. The van der Waals surface area contributed by atoms with Crippen molar-refractivity contribution in [1.82, 2.24) is 0 Å². The van der Waals surface area contributed by atoms with E-state index in [2.05, 4.69) is 0 Å². The van der Waals surface area contributed by atoms with Gasteiger partial charge >= 0.3 is 0 Å². The highest BCUT2D eigenvalue weighted by Gasteiger charge is 2.39. The third-order valence-corrected chi connectivity index (χ3v) is 4.19. The Labute approximate surface area is 141 Å². The number of hydrazine groups is 1. The molecule has 0 aromatic heterocycles. The molecule has 1 amide bonds. The molecule has 5 heteroatoms. The first kappa shape index (κ1) is 16.1. The van der Waals surface area contributed by atoms with E-state index >= 15 is 0 Å². The van der Waals surface area contributed by atoms with Crippen molar-refractivity contribution in [3.8, 4) is 5.75 Å². The van der Waals surface area contributed by atoms with Gasteiger partial charge in [-0.15, -0.1) is 0 Å². The third kappa shape index (κ3) is 3.25. The van der Waals surface area contributed by atoms with Crippen LogP contribution in [0.25, 0.3) is 0 Å². The van der Waals surface area contributed by atoms with Crippen molar-refractivity contribution in [3.63, 3.8) is 0 Å². The summed E-state index contributed by atoms with van der Waals surface area (Å²) in [6, 6.07) is 16.2. The zero-order valence-corrected chi connectivity index (χ0v) is 13.6. The molecule has 0 saturated carbocycles. The number of rotatable bonds is 5. The van der Waals surface area contributed by atoms with Gasteiger partial charge in [0.1, 0.15) is 11.5 Å². The van der Waals surface area contributed by atoms with Crippen LogP contribution >= 0.6 is 0 Å². The van der Waals surface area contributed by atoms with Gasteiger partial charge in [0, 0.05) is 6.42 Å². The summed E-state index contributed by atoms with van der Waals surface area (Å²) in [4.78, 5) is 24.2. The molecule has 0 unspecified atom stereocenters. The lowest BCUT2D eigenvalue weighted by Gasteiger charge is -2.29. The molecule has 1 atom stereocenters. The van der Waals surface area contributed by atoms with E-state index in [9.17, 15) is 14.7 Å². The molecular weight excluding hydrogens is 304 g/mol. The molecule has 1 fully saturated rings. The molecule has 0 bridgehead atoms. The van der Waals surface area contributed by atoms with Crippen LogP contribution in [-0.4, -0.2) is 23.3 Å². The van der Waals surface area contributed by atoms with Gasteiger partial charge in [0.25, 0.3) is 5.91 Å². The fourth-order valence-corrected chi connectivity index (χ4v) is 2.93. The maximum absolute atomic E-state index is 12.9. The lowest BCUT2D eigenvalue weighted by atomic mass is 10.0. The number of para-hydroxylation sites is 1. The number of phenolic OH excluding ortho intramolecular Hbond substituents is 1. The van der Waals surface area contributed by atoms with Crippen molar-refractivity contribution in [2.45, 2.75) is 19.8 Å². The minimum atomic E-state index is -0.220. The van der Waals surface area contributed by atoms with E-state index < -0.39 is 0 Å². The number of carbonyl (C=O) groups is 2. The molecule has 1 aliphatic heterocycles. The number of phenols is 1. The van der Waals surface area contributed by atoms with Gasteiger partial charge in [-0.3, -0.25) is 9.80 Å². The number of hydrogen-bond acceptors (Lipinski definition) is 4. The Kier molecular flexibility index (Phi) is 4.51. The maximum Gasteiger partial charge on any atom is 0.250 e. The van der Waals surface area contributed by atoms with Crippen molar-refractivity contribution < 1.29 is 14.7 Å². The second kappa shape index (κ2) is 6.74. The van der Waals surface area contributed by atoms with E-state index in [1.54, 1.807) is 36.2 Å². The van der Waals surface area contributed by atoms with Gasteiger partial charge in [-0.25, -0.2) is 5.01 Å². The number of aromatic hydroxyl groups is 1. The first-order valence-corrected chi connectivity index (χ1v) is 8.01. The first-order chi connectivity index (χ1) is 11.6. The van der Waals surface area contributed by atoms with Crippen molar-refractivity contribution in [2.24, 2.45) is 5.92 Å². The van der Waals surface area contributed by atoms with Crippen LogP contribution in [0.3, 0.4) is 0 Å². The van der Waals surface area contributed by atoms with E-state index in [-0.39, 0.29) is 23.4 Å². The monoisotopic (exact) mass is 324 g/mol. The number of benzene rings is 2. The number of ketones is 1. The van der Waals surface area contributed by atoms with Crippen molar-refractivity contribution >= 4 is 23.1 Å². The average Bonchev–Trinajstić information content (AvgIpc) is 2.91. The standard InChI is InChI=1S/C19H20N2O3/c1-14(22)7-8-15-13-20(16-9-11-18(23)12-10-16)21(19(15)24)17-5-3-2-4-6-17/h2-6,9-12,15,23H,7-8,13H2,1H3/t15-/m0/s1. The molecule has 0 aliphatic carbocycles. The molecule has 1 heterocycles. The molecule has 3 rings (SSSR count). The van der Waals surface area contributed by atoms with Crippen LogP contribution in [-0.2, 0) is 9.59 Å². The van der Waals surface area contributed by atoms with Gasteiger partial charge < -0.3 is 9.90 Å². The highest BCUT2D eigenvalue weighted by atomic mass is 16.3. The van der Waals surface area contributed by atoms with Gasteiger partial charge in [0.05, 0.1) is 23.8 Å². The Hall–Kier alpha value is -2.82. The van der Waals surface area contributed by atoms with Crippen LogP contribution < -0.4 is 10.0 Å². The molecule has 0 spiro atoms. The second-order valence-electron chi connectivity index (χ2n) is 6.02. The van der Waals surface area contributed by atoms with Crippen molar-refractivity contribution in [3.05, 3.63) is 54.6 Å². The summed E-state index contributed by atoms with van der Waals surface area (Å²) >= 11 is 0. The lowest BCUT2D eigenvalue weighted by Crippen LogP contribution is -2.39.